The molecule has 1 atom stereocenters. The third-order valence-electron chi connectivity index (χ3n) is 6.16. The van der Waals surface area contributed by atoms with Crippen molar-refractivity contribution in [1.29, 1.82) is 0 Å². The summed E-state index contributed by atoms with van der Waals surface area (Å²) in [5, 5.41) is 17.9. The molecule has 1 fully saturated rings. The number of fused-ring (bicyclic) bond motifs is 2. The van der Waals surface area contributed by atoms with Crippen molar-refractivity contribution < 1.29 is 4.73 Å². The number of imidazole rings is 1. The maximum absolute atomic E-state index is 13.4. The summed E-state index contributed by atoms with van der Waals surface area (Å²) >= 11 is 0. The van der Waals surface area contributed by atoms with E-state index in [0.29, 0.717) is 35.3 Å². The minimum atomic E-state index is -0.294. The Morgan fingerprint density at radius 2 is 2.06 bits per heavy atom. The summed E-state index contributed by atoms with van der Waals surface area (Å²) in [4.78, 5) is 24.7. The molecule has 1 aromatic carbocycles. The molecule has 2 N–H and O–H groups in total. The van der Waals surface area contributed by atoms with Crippen molar-refractivity contribution in [2.45, 2.75) is 45.8 Å². The Hall–Kier alpha value is -3.53. The highest BCUT2D eigenvalue weighted by atomic mass is 16.5. The summed E-state index contributed by atoms with van der Waals surface area (Å²) < 4.78 is 3.98. The molecular formula is C22H26N8O2. The Morgan fingerprint density at radius 3 is 2.84 bits per heavy atom. The summed E-state index contributed by atoms with van der Waals surface area (Å²) in [6, 6.07) is 7.55. The van der Waals surface area contributed by atoms with E-state index in [0.717, 1.165) is 35.5 Å². The third kappa shape index (κ3) is 3.27. The van der Waals surface area contributed by atoms with Crippen LogP contribution in [0.4, 0.5) is 5.95 Å². The number of para-hydroxylation sites is 1. The molecule has 10 nitrogen and oxygen atoms in total. The van der Waals surface area contributed by atoms with Crippen LogP contribution in [0.2, 0.25) is 0 Å². The Morgan fingerprint density at radius 1 is 1.25 bits per heavy atom. The van der Waals surface area contributed by atoms with Crippen molar-refractivity contribution >= 4 is 27.9 Å². The van der Waals surface area contributed by atoms with Gasteiger partial charge in [-0.1, -0.05) is 12.1 Å². The van der Waals surface area contributed by atoms with Crippen molar-refractivity contribution in [2.75, 3.05) is 18.0 Å². The molecule has 4 heterocycles. The van der Waals surface area contributed by atoms with Crippen LogP contribution in [0.15, 0.2) is 35.3 Å². The molecule has 0 aliphatic carbocycles. The quantitative estimate of drug-likeness (QED) is 0.377. The van der Waals surface area contributed by atoms with Crippen LogP contribution in [0.3, 0.4) is 0 Å². The Labute approximate surface area is 184 Å². The second kappa shape index (κ2) is 7.86. The fraction of sp³-hybridized carbons (Fsp3) is 0.409. The summed E-state index contributed by atoms with van der Waals surface area (Å²) in [6.07, 6.45) is 3.57. The van der Waals surface area contributed by atoms with Gasteiger partial charge in [0.15, 0.2) is 12.1 Å². The maximum atomic E-state index is 13.4. The van der Waals surface area contributed by atoms with Crippen LogP contribution >= 0.6 is 0 Å². The molecule has 1 saturated heterocycles. The van der Waals surface area contributed by atoms with E-state index in [2.05, 4.69) is 15.0 Å². The number of aryl methyl sites for hydroxylation is 2. The topological polar surface area (TPSA) is 122 Å². The highest BCUT2D eigenvalue weighted by Gasteiger charge is 2.25. The van der Waals surface area contributed by atoms with E-state index >= 15 is 0 Å². The Bertz CT molecular complexity index is 1380. The monoisotopic (exact) mass is 434 g/mol. The average molecular weight is 435 g/mol. The van der Waals surface area contributed by atoms with E-state index in [1.54, 1.807) is 13.1 Å². The van der Waals surface area contributed by atoms with Crippen molar-refractivity contribution in [3.8, 4) is 0 Å². The number of hydrogen-bond donors (Lipinski definition) is 1. The van der Waals surface area contributed by atoms with Crippen molar-refractivity contribution in [2.24, 2.45) is 5.73 Å². The predicted molar refractivity (Wildman–Crippen MR) is 121 cm³/mol. The number of nitrogens with zero attached hydrogens (tertiary/aromatic N) is 7. The number of anilines is 1. The van der Waals surface area contributed by atoms with Crippen molar-refractivity contribution in [3.05, 3.63) is 57.5 Å². The lowest BCUT2D eigenvalue weighted by atomic mass is 10.1. The van der Waals surface area contributed by atoms with E-state index in [-0.39, 0.29) is 24.0 Å². The predicted octanol–water partition coefficient (Wildman–Crippen LogP) is 1.08. The van der Waals surface area contributed by atoms with Crippen LogP contribution in [-0.4, -0.2) is 43.4 Å². The zero-order valence-corrected chi connectivity index (χ0v) is 18.2. The maximum Gasteiger partial charge on any atom is 0.324 e. The number of piperidine rings is 1. The first kappa shape index (κ1) is 20.4. The molecule has 1 aliphatic rings. The number of hydrogen-bond acceptors (Lipinski definition) is 7. The first-order valence-corrected chi connectivity index (χ1v) is 10.9. The lowest BCUT2D eigenvalue weighted by Crippen LogP contribution is -2.44. The van der Waals surface area contributed by atoms with Gasteiger partial charge in [-0.2, -0.15) is 5.10 Å². The number of rotatable bonds is 4. The first-order chi connectivity index (χ1) is 15.5. The van der Waals surface area contributed by atoms with Gasteiger partial charge in [-0.15, -0.1) is 0 Å². The normalized spacial score (nSPS) is 16.8. The van der Waals surface area contributed by atoms with Gasteiger partial charge in [0.1, 0.15) is 16.7 Å². The van der Waals surface area contributed by atoms with Crippen LogP contribution < -0.4 is 20.9 Å². The molecule has 10 heteroatoms. The molecule has 166 valence electrons. The van der Waals surface area contributed by atoms with Crippen LogP contribution in [0.1, 0.15) is 31.3 Å². The summed E-state index contributed by atoms with van der Waals surface area (Å²) in [5.41, 5.74) is 8.14. The fourth-order valence-electron chi connectivity index (χ4n) is 4.52. The molecule has 0 radical (unpaired) electrons. The van der Waals surface area contributed by atoms with Crippen LogP contribution in [0.25, 0.3) is 21.9 Å². The second-order valence-electron chi connectivity index (χ2n) is 8.27. The van der Waals surface area contributed by atoms with Gasteiger partial charge in [-0.05, 0) is 43.8 Å². The zero-order valence-electron chi connectivity index (χ0n) is 18.2. The molecule has 0 unspecified atom stereocenters. The Kier molecular flexibility index (Phi) is 5.01. The van der Waals surface area contributed by atoms with Crippen molar-refractivity contribution in [3.63, 3.8) is 0 Å². The molecule has 0 amide bonds. The van der Waals surface area contributed by atoms with E-state index in [9.17, 15) is 10.0 Å². The zero-order chi connectivity index (χ0) is 22.4. The lowest BCUT2D eigenvalue weighted by molar-refractivity contribution is -0.623. The van der Waals surface area contributed by atoms with Gasteiger partial charge in [-0.3, -0.25) is 4.79 Å². The smallest absolute Gasteiger partial charge is 0.324 e. The number of nitrogens with two attached hydrogens (primary N) is 1. The largest absolute Gasteiger partial charge is 0.710 e. The van der Waals surface area contributed by atoms with Gasteiger partial charge in [0.25, 0.3) is 5.56 Å². The highest BCUT2D eigenvalue weighted by molar-refractivity contribution is 5.79. The molecular weight excluding hydrogens is 408 g/mol. The molecule has 1 aliphatic heterocycles. The summed E-state index contributed by atoms with van der Waals surface area (Å²) in [7, 11) is 0. The van der Waals surface area contributed by atoms with Gasteiger partial charge >= 0.3 is 5.82 Å². The molecule has 0 saturated carbocycles. The van der Waals surface area contributed by atoms with Crippen LogP contribution in [0, 0.1) is 12.1 Å². The van der Waals surface area contributed by atoms with Gasteiger partial charge < -0.3 is 20.4 Å². The van der Waals surface area contributed by atoms with Gasteiger partial charge in [0.2, 0.25) is 5.95 Å². The van der Waals surface area contributed by atoms with Crippen molar-refractivity contribution in [1.82, 2.24) is 24.3 Å². The standard InChI is InChI=1S/C22H26N8O2/c1-3-28-20-18(26-22(28)27-10-6-7-15(23)12-27)11-24-29(21(20)31)13-19-25-17-9-5-4-8-16(17)14(2)30(19)32/h4-5,8-9,11,15H,3,6-7,10,12-13,23H2,1-2H3/t15-/m1/s1. The molecule has 4 aromatic rings. The van der Waals surface area contributed by atoms with E-state index in [1.165, 1.54) is 4.68 Å². The van der Waals surface area contributed by atoms with E-state index in [4.69, 9.17) is 10.7 Å². The number of benzene rings is 1. The van der Waals surface area contributed by atoms with Gasteiger partial charge in [0.05, 0.1) is 11.6 Å². The van der Waals surface area contributed by atoms with Crippen LogP contribution in [0.5, 0.6) is 0 Å². The third-order valence-corrected chi connectivity index (χ3v) is 6.16. The Balaban J connectivity index is 1.59. The average Bonchev–Trinajstić information content (AvgIpc) is 3.18. The molecule has 32 heavy (non-hydrogen) atoms. The second-order valence-corrected chi connectivity index (χ2v) is 8.27. The minimum Gasteiger partial charge on any atom is -0.710 e. The highest BCUT2D eigenvalue weighted by Crippen LogP contribution is 2.23. The summed E-state index contributed by atoms with van der Waals surface area (Å²) in [6.45, 7) is 5.87. The lowest BCUT2D eigenvalue weighted by Gasteiger charge is -2.31. The van der Waals surface area contributed by atoms with Crippen LogP contribution in [-0.2, 0) is 13.1 Å². The van der Waals surface area contributed by atoms with E-state index < -0.39 is 0 Å². The fourth-order valence-corrected chi connectivity index (χ4v) is 4.52. The minimum absolute atomic E-state index is 0.0250. The molecule has 5 rings (SSSR count). The van der Waals surface area contributed by atoms with Gasteiger partial charge in [0, 0.05) is 25.7 Å². The van der Waals surface area contributed by atoms with E-state index in [1.807, 2.05) is 35.8 Å². The number of aromatic nitrogens is 6. The molecule has 0 spiro atoms. The molecule has 0 bridgehead atoms. The SMILES string of the molecule is CCn1c(N2CCC[C@@H](N)C2)nc2cnn(Cc3nc4ccccc4c(C)[n+]3[O-])c(=O)c21. The summed E-state index contributed by atoms with van der Waals surface area (Å²) in [5.74, 6) is 0.966. The molecule has 3 aromatic heterocycles. The van der Waals surface area contributed by atoms with Gasteiger partial charge in [-0.25, -0.2) is 14.4 Å². The first-order valence-electron chi connectivity index (χ1n) is 10.9.